The Hall–Kier alpha value is -1.50. The average molecular weight is 821 g/mol. The van der Waals surface area contributed by atoms with E-state index in [1.54, 1.807) is 48.5 Å². The van der Waals surface area contributed by atoms with Crippen molar-refractivity contribution in [3.8, 4) is 24.7 Å². The van der Waals surface area contributed by atoms with Crippen LogP contribution in [0, 0.1) is 24.7 Å². The highest BCUT2D eigenvalue weighted by Crippen LogP contribution is 2.20. The molecule has 3 unspecified atom stereocenters. The Bertz CT molecular complexity index is 1010. The van der Waals surface area contributed by atoms with Crippen molar-refractivity contribution in [1.29, 1.82) is 0 Å². The van der Waals surface area contributed by atoms with Gasteiger partial charge in [-0.15, -0.1) is 43.4 Å². The minimum atomic E-state index is -1.02. The number of carbonyl (C=O) groups excluding carboxylic acids is 1. The molecule has 0 aromatic rings. The van der Waals surface area contributed by atoms with Crippen LogP contribution in [0.5, 0.6) is 0 Å². The van der Waals surface area contributed by atoms with E-state index in [1.165, 1.54) is 17.2 Å². The number of aliphatic hydroxyl groups is 6. The molecule has 0 aromatic heterocycles. The summed E-state index contributed by atoms with van der Waals surface area (Å²) in [6.07, 6.45) is 26.7. The molecule has 0 rings (SSSR count). The van der Waals surface area contributed by atoms with Gasteiger partial charge in [0, 0.05) is 6.42 Å². The molecule has 0 amide bonds. The monoisotopic (exact) mass is 820 g/mol. The zero-order valence-electron chi connectivity index (χ0n) is 33.9. The lowest BCUT2D eigenvalue weighted by Gasteiger charge is -2.21. The number of unbranched alkanes of at least 4 members (excludes halogenated alkanes) is 1. The molecule has 0 radical (unpaired) electrons. The molecule has 0 bridgehead atoms. The van der Waals surface area contributed by atoms with Crippen molar-refractivity contribution in [3.05, 3.63) is 36.0 Å². The molecule has 50 heavy (non-hydrogen) atoms. The Morgan fingerprint density at radius 3 is 1.36 bits per heavy atom. The van der Waals surface area contributed by atoms with Crippen LogP contribution in [-0.4, -0.2) is 70.5 Å². The topological polar surface area (TPSA) is 138 Å². The van der Waals surface area contributed by atoms with E-state index in [2.05, 4.69) is 37.5 Å². The lowest BCUT2D eigenvalue weighted by atomic mass is 9.94. The lowest BCUT2D eigenvalue weighted by Crippen LogP contribution is -2.24. The maximum absolute atomic E-state index is 10.1. The molecule has 6 N–H and O–H groups in total. The van der Waals surface area contributed by atoms with E-state index in [0.717, 1.165) is 51.2 Å². The van der Waals surface area contributed by atoms with E-state index in [0.29, 0.717) is 38.5 Å². The molecule has 0 aliphatic rings. The fourth-order valence-corrected chi connectivity index (χ4v) is 3.93. The zero-order chi connectivity index (χ0) is 39.6. The van der Waals surface area contributed by atoms with Crippen LogP contribution in [0.25, 0.3) is 0 Å². The first kappa shape index (κ1) is 57.8. The van der Waals surface area contributed by atoms with Crippen molar-refractivity contribution in [2.75, 3.05) is 0 Å². The molecule has 0 aliphatic heterocycles. The first-order valence-electron chi connectivity index (χ1n) is 17.6. The summed E-state index contributed by atoms with van der Waals surface area (Å²) in [4.78, 5) is 10.1. The van der Waals surface area contributed by atoms with Crippen LogP contribution >= 0.6 is 24.0 Å². The molecule has 0 saturated carbocycles. The van der Waals surface area contributed by atoms with E-state index in [1.807, 2.05) is 27.7 Å². The van der Waals surface area contributed by atoms with Crippen LogP contribution in [0.4, 0.5) is 0 Å². The smallest absolute Gasteiger partial charge is 0.122 e. The highest BCUT2D eigenvalue weighted by atomic mass is 127. The van der Waals surface area contributed by atoms with Crippen LogP contribution in [-0.2, 0) is 4.79 Å². The van der Waals surface area contributed by atoms with E-state index in [4.69, 9.17) is 12.8 Å². The van der Waals surface area contributed by atoms with Gasteiger partial charge in [0.05, 0.1) is 22.4 Å². The van der Waals surface area contributed by atoms with Gasteiger partial charge in [-0.3, -0.25) is 0 Å². The molecule has 294 valence electrons. The quantitative estimate of drug-likeness (QED) is 0.0252. The minimum Gasteiger partial charge on any atom is -0.390 e. The summed E-state index contributed by atoms with van der Waals surface area (Å²) in [6, 6.07) is 0. The molecule has 0 spiro atoms. The second kappa shape index (κ2) is 29.0. The van der Waals surface area contributed by atoms with Crippen molar-refractivity contribution in [2.45, 2.75) is 200 Å². The summed E-state index contributed by atoms with van der Waals surface area (Å²) in [5.74, 6) is 4.64. The number of halogens is 1. The summed E-state index contributed by atoms with van der Waals surface area (Å²) in [5, 5.41) is 56.5. The largest absolute Gasteiger partial charge is 0.390 e. The molecule has 0 saturated heterocycles. The molecular formula is C42H77IO7. The minimum absolute atomic E-state index is 0. The van der Waals surface area contributed by atoms with Crippen molar-refractivity contribution < 1.29 is 35.4 Å². The SMILES string of the molecule is C#CC(C)(O)CCC=C(C)C.C#CC(C)(O)CCCC(C)(C)O.C=CC(C)(O)CCCC(C)(C)O.CC(=CCCC=O)CCCC(C)(C)O.I. The van der Waals surface area contributed by atoms with Crippen molar-refractivity contribution in [1.82, 2.24) is 0 Å². The van der Waals surface area contributed by atoms with E-state index < -0.39 is 33.6 Å². The van der Waals surface area contributed by atoms with E-state index >= 15 is 0 Å². The summed E-state index contributed by atoms with van der Waals surface area (Å²) in [7, 11) is 0. The first-order chi connectivity index (χ1) is 22.0. The van der Waals surface area contributed by atoms with Gasteiger partial charge in [0.15, 0.2) is 0 Å². The van der Waals surface area contributed by atoms with Crippen LogP contribution in [0.15, 0.2) is 36.0 Å². The second-order valence-corrected chi connectivity index (χ2v) is 16.0. The van der Waals surface area contributed by atoms with Gasteiger partial charge in [-0.2, -0.15) is 0 Å². The highest BCUT2D eigenvalue weighted by molar-refractivity contribution is 14.0. The van der Waals surface area contributed by atoms with Gasteiger partial charge in [0.1, 0.15) is 17.5 Å². The summed E-state index contributed by atoms with van der Waals surface area (Å²) < 4.78 is 0. The standard InChI is InChI=1S/C12H22O2.C10H20O2.C10H18O2.C10H16O.HI/c1-11(7-4-5-10-13)8-6-9-12(2,3)14;2*1-5-10(4,12)8-6-7-9(2,3)11;1-5-10(4,11)8-6-7-9(2)3;/h7,10,14H,4-6,8-9H2,1-3H3;5,11-12H,1,6-8H2,2-4H3;1,11-12H,6-8H2,2-4H3;1,7,11H,6,8H2,2-4H3;1H. The maximum Gasteiger partial charge on any atom is 0.122 e. The van der Waals surface area contributed by atoms with E-state index in [-0.39, 0.29) is 24.0 Å². The molecular weight excluding hydrogens is 743 g/mol. The molecule has 0 aromatic carbocycles. The molecule has 8 heteroatoms. The number of rotatable bonds is 19. The van der Waals surface area contributed by atoms with Gasteiger partial charge in [0.25, 0.3) is 0 Å². The molecule has 7 nitrogen and oxygen atoms in total. The summed E-state index contributed by atoms with van der Waals surface area (Å²) in [5.41, 5.74) is -2.01. The van der Waals surface area contributed by atoms with Crippen LogP contribution < -0.4 is 0 Å². The van der Waals surface area contributed by atoms with Crippen LogP contribution in [0.1, 0.15) is 167 Å². The highest BCUT2D eigenvalue weighted by Gasteiger charge is 2.20. The van der Waals surface area contributed by atoms with Crippen molar-refractivity contribution in [3.63, 3.8) is 0 Å². The van der Waals surface area contributed by atoms with Gasteiger partial charge in [-0.25, -0.2) is 0 Å². The Labute approximate surface area is 325 Å². The Balaban J connectivity index is -0.000000179. The maximum atomic E-state index is 10.1. The first-order valence-corrected chi connectivity index (χ1v) is 17.6. The van der Waals surface area contributed by atoms with Gasteiger partial charge in [-0.05, 0) is 160 Å². The predicted molar refractivity (Wildman–Crippen MR) is 223 cm³/mol. The summed E-state index contributed by atoms with van der Waals surface area (Å²) in [6.45, 7) is 25.4. The van der Waals surface area contributed by atoms with Gasteiger partial charge >= 0.3 is 0 Å². The third-order valence-electron chi connectivity index (χ3n) is 7.31. The molecule has 0 aliphatic carbocycles. The fourth-order valence-electron chi connectivity index (χ4n) is 3.93. The molecule has 0 fully saturated rings. The fraction of sp³-hybridized carbons (Fsp3) is 0.738. The van der Waals surface area contributed by atoms with Gasteiger partial charge in [0.2, 0.25) is 0 Å². The molecule has 0 heterocycles. The van der Waals surface area contributed by atoms with Crippen molar-refractivity contribution in [2.24, 2.45) is 0 Å². The Kier molecular flexibility index (Phi) is 33.6. The third-order valence-corrected chi connectivity index (χ3v) is 7.31. The van der Waals surface area contributed by atoms with Gasteiger partial charge < -0.3 is 35.4 Å². The number of terminal acetylenes is 2. The lowest BCUT2D eigenvalue weighted by molar-refractivity contribution is -0.107. The van der Waals surface area contributed by atoms with Crippen LogP contribution in [0.3, 0.4) is 0 Å². The van der Waals surface area contributed by atoms with E-state index in [9.17, 15) is 35.4 Å². The summed E-state index contributed by atoms with van der Waals surface area (Å²) >= 11 is 0. The number of hydrogen-bond donors (Lipinski definition) is 6. The average Bonchev–Trinajstić information content (AvgIpc) is 2.91. The normalized spacial score (nSPS) is 15.0. The number of hydrogen-bond acceptors (Lipinski definition) is 7. The van der Waals surface area contributed by atoms with Gasteiger partial charge in [-0.1, -0.05) is 41.2 Å². The Morgan fingerprint density at radius 1 is 0.600 bits per heavy atom. The van der Waals surface area contributed by atoms with Crippen molar-refractivity contribution >= 4 is 30.3 Å². The number of aldehydes is 1. The van der Waals surface area contributed by atoms with Crippen LogP contribution in [0.2, 0.25) is 0 Å². The predicted octanol–water partition coefficient (Wildman–Crippen LogP) is 8.76. The number of allylic oxidation sites excluding steroid dienone is 4. The Morgan fingerprint density at radius 2 is 1.00 bits per heavy atom. The molecule has 3 atom stereocenters. The second-order valence-electron chi connectivity index (χ2n) is 16.0. The number of carbonyl (C=O) groups is 1. The zero-order valence-corrected chi connectivity index (χ0v) is 36.2. The third kappa shape index (κ3) is 53.3.